The highest BCUT2D eigenvalue weighted by molar-refractivity contribution is 5.62. The molecule has 0 fully saturated rings. The first-order chi connectivity index (χ1) is 8.46. The van der Waals surface area contributed by atoms with Crippen molar-refractivity contribution in [2.45, 2.75) is 38.5 Å². The Morgan fingerprint density at radius 3 is 2.67 bits per heavy atom. The summed E-state index contributed by atoms with van der Waals surface area (Å²) < 4.78 is 40.0. The maximum absolute atomic E-state index is 12.1. The van der Waals surface area contributed by atoms with Gasteiger partial charge in [-0.1, -0.05) is 31.9 Å². The van der Waals surface area contributed by atoms with Crippen LogP contribution in [0.1, 0.15) is 37.7 Å². The summed E-state index contributed by atoms with van der Waals surface area (Å²) in [5, 5.41) is 0. The maximum atomic E-state index is 12.1. The average Bonchev–Trinajstić information content (AvgIpc) is 2.28. The zero-order valence-corrected chi connectivity index (χ0v) is 10.0. The van der Waals surface area contributed by atoms with Crippen molar-refractivity contribution in [3.05, 3.63) is 29.8 Å². The van der Waals surface area contributed by atoms with Gasteiger partial charge in [0.2, 0.25) is 0 Å². The van der Waals surface area contributed by atoms with Crippen molar-refractivity contribution in [2.75, 3.05) is 0 Å². The first kappa shape index (κ1) is 14.5. The highest BCUT2D eigenvalue weighted by Crippen LogP contribution is 2.27. The number of carbonyl (C=O) groups excluding carboxylic acids is 1. The fraction of sp³-hybridized carbons (Fsp3) is 0.462. The minimum absolute atomic E-state index is 0.289. The summed E-state index contributed by atoms with van der Waals surface area (Å²) in [6.07, 6.45) is -1.52. The van der Waals surface area contributed by atoms with E-state index < -0.39 is 6.36 Å². The molecule has 0 bridgehead atoms. The Kier molecular flexibility index (Phi) is 5.19. The molecule has 1 aromatic rings. The van der Waals surface area contributed by atoms with Gasteiger partial charge in [0.25, 0.3) is 0 Å². The second kappa shape index (κ2) is 6.42. The Balaban J connectivity index is 2.82. The first-order valence-electron chi connectivity index (χ1n) is 5.77. The van der Waals surface area contributed by atoms with Crippen LogP contribution in [-0.2, 0) is 4.79 Å². The van der Waals surface area contributed by atoms with Gasteiger partial charge in [0.1, 0.15) is 12.0 Å². The molecule has 0 amide bonds. The molecule has 2 nitrogen and oxygen atoms in total. The topological polar surface area (TPSA) is 26.3 Å². The molecule has 0 saturated carbocycles. The van der Waals surface area contributed by atoms with E-state index in [-0.39, 0.29) is 11.7 Å². The van der Waals surface area contributed by atoms with Crippen LogP contribution < -0.4 is 4.74 Å². The lowest BCUT2D eigenvalue weighted by Gasteiger charge is -2.13. The minimum Gasteiger partial charge on any atom is -0.406 e. The fourth-order valence-electron chi connectivity index (χ4n) is 1.68. The molecule has 0 saturated heterocycles. The molecule has 100 valence electrons. The second-order valence-corrected chi connectivity index (χ2v) is 4.01. The first-order valence-corrected chi connectivity index (χ1v) is 5.77. The van der Waals surface area contributed by atoms with Crippen molar-refractivity contribution >= 4 is 6.29 Å². The third-order valence-electron chi connectivity index (χ3n) is 2.55. The van der Waals surface area contributed by atoms with Crippen LogP contribution in [0.2, 0.25) is 0 Å². The largest absolute Gasteiger partial charge is 0.573 e. The number of benzene rings is 1. The summed E-state index contributed by atoms with van der Waals surface area (Å²) in [6.45, 7) is 1.99. The predicted octanol–water partition coefficient (Wildman–Crippen LogP) is 4.06. The molecule has 0 heterocycles. The highest BCUT2D eigenvalue weighted by atomic mass is 19.4. The second-order valence-electron chi connectivity index (χ2n) is 4.01. The molecule has 0 N–H and O–H groups in total. The lowest BCUT2D eigenvalue weighted by molar-refractivity contribution is -0.274. The van der Waals surface area contributed by atoms with E-state index in [1.807, 2.05) is 6.92 Å². The molecule has 18 heavy (non-hydrogen) atoms. The van der Waals surface area contributed by atoms with E-state index in [1.54, 1.807) is 6.07 Å². The molecule has 0 aliphatic rings. The van der Waals surface area contributed by atoms with E-state index in [1.165, 1.54) is 18.2 Å². The Bertz CT molecular complexity index is 388. The Hall–Kier alpha value is -1.52. The van der Waals surface area contributed by atoms with E-state index in [0.29, 0.717) is 12.0 Å². The smallest absolute Gasteiger partial charge is 0.406 e. The Morgan fingerprint density at radius 1 is 1.39 bits per heavy atom. The molecule has 1 unspecified atom stereocenters. The maximum Gasteiger partial charge on any atom is 0.573 e. The zero-order chi connectivity index (χ0) is 13.6. The average molecular weight is 260 g/mol. The van der Waals surface area contributed by atoms with Crippen molar-refractivity contribution in [1.29, 1.82) is 0 Å². The summed E-state index contributed by atoms with van der Waals surface area (Å²) in [6, 6.07) is 5.58. The molecule has 0 radical (unpaired) electrons. The van der Waals surface area contributed by atoms with E-state index >= 15 is 0 Å². The highest BCUT2D eigenvalue weighted by Gasteiger charge is 2.31. The van der Waals surface area contributed by atoms with Gasteiger partial charge in [0, 0.05) is 5.92 Å². The van der Waals surface area contributed by atoms with Crippen molar-refractivity contribution in [2.24, 2.45) is 0 Å². The van der Waals surface area contributed by atoms with E-state index in [0.717, 1.165) is 19.1 Å². The molecule has 5 heteroatoms. The van der Waals surface area contributed by atoms with E-state index in [9.17, 15) is 18.0 Å². The minimum atomic E-state index is -4.71. The number of carbonyl (C=O) groups is 1. The zero-order valence-electron chi connectivity index (χ0n) is 10.0. The Morgan fingerprint density at radius 2 is 2.11 bits per heavy atom. The summed E-state index contributed by atoms with van der Waals surface area (Å²) in [5.41, 5.74) is 0.556. The number of halogens is 3. The number of aldehydes is 1. The Labute approximate surface area is 104 Å². The summed E-state index contributed by atoms with van der Waals surface area (Å²) in [5.74, 6) is -0.662. The third-order valence-corrected chi connectivity index (χ3v) is 2.55. The quantitative estimate of drug-likeness (QED) is 0.721. The van der Waals surface area contributed by atoms with Crippen LogP contribution in [-0.4, -0.2) is 12.6 Å². The number of alkyl halides is 3. The lowest BCUT2D eigenvalue weighted by atomic mass is 9.95. The number of ether oxygens (including phenoxy) is 1. The van der Waals surface area contributed by atoms with Crippen LogP contribution >= 0.6 is 0 Å². The summed E-state index contributed by atoms with van der Waals surface area (Å²) in [4.78, 5) is 10.9. The van der Waals surface area contributed by atoms with Gasteiger partial charge < -0.3 is 9.53 Å². The molecular formula is C13H15F3O2. The van der Waals surface area contributed by atoms with Crippen LogP contribution in [0.25, 0.3) is 0 Å². The molecule has 1 atom stereocenters. The van der Waals surface area contributed by atoms with Crippen LogP contribution in [0.15, 0.2) is 24.3 Å². The van der Waals surface area contributed by atoms with Gasteiger partial charge in [-0.25, -0.2) is 0 Å². The van der Waals surface area contributed by atoms with Crippen molar-refractivity contribution in [3.8, 4) is 5.75 Å². The van der Waals surface area contributed by atoms with Crippen molar-refractivity contribution in [3.63, 3.8) is 0 Å². The predicted molar refractivity (Wildman–Crippen MR) is 61.5 cm³/mol. The van der Waals surface area contributed by atoms with Gasteiger partial charge in [0.15, 0.2) is 0 Å². The monoisotopic (exact) mass is 260 g/mol. The van der Waals surface area contributed by atoms with Crippen LogP contribution in [0.3, 0.4) is 0 Å². The molecule has 0 aromatic heterocycles. The third kappa shape index (κ3) is 4.77. The van der Waals surface area contributed by atoms with Gasteiger partial charge in [-0.15, -0.1) is 13.2 Å². The molecule has 1 aromatic carbocycles. The number of unbranched alkanes of at least 4 members (excludes halogenated alkanes) is 1. The van der Waals surface area contributed by atoms with Gasteiger partial charge in [-0.3, -0.25) is 0 Å². The van der Waals surface area contributed by atoms with Gasteiger partial charge >= 0.3 is 6.36 Å². The van der Waals surface area contributed by atoms with Crippen LogP contribution in [0.5, 0.6) is 5.75 Å². The number of hydrogen-bond acceptors (Lipinski definition) is 2. The number of hydrogen-bond donors (Lipinski definition) is 0. The molecular weight excluding hydrogens is 245 g/mol. The lowest BCUT2D eigenvalue weighted by Crippen LogP contribution is -2.17. The molecule has 1 rings (SSSR count). The molecule has 0 spiro atoms. The van der Waals surface area contributed by atoms with Crippen LogP contribution in [0.4, 0.5) is 13.2 Å². The SMILES string of the molecule is CCCCC(C=O)c1cccc(OC(F)(F)F)c1. The van der Waals surface area contributed by atoms with Crippen molar-refractivity contribution in [1.82, 2.24) is 0 Å². The standard InChI is InChI=1S/C13H15F3O2/c1-2-3-5-11(9-17)10-6-4-7-12(8-10)18-13(14,15)16/h4,6-9,11H,2-3,5H2,1H3. The normalized spacial score (nSPS) is 13.1. The van der Waals surface area contributed by atoms with Gasteiger partial charge in [0.05, 0.1) is 0 Å². The fourth-order valence-corrected chi connectivity index (χ4v) is 1.68. The van der Waals surface area contributed by atoms with Crippen molar-refractivity contribution < 1.29 is 22.7 Å². The number of rotatable bonds is 6. The van der Waals surface area contributed by atoms with E-state index in [2.05, 4.69) is 4.74 Å². The van der Waals surface area contributed by atoms with Gasteiger partial charge in [-0.05, 0) is 24.1 Å². The summed E-state index contributed by atoms with van der Waals surface area (Å²) in [7, 11) is 0. The molecule has 0 aliphatic carbocycles. The van der Waals surface area contributed by atoms with Crippen LogP contribution in [0, 0.1) is 0 Å². The summed E-state index contributed by atoms with van der Waals surface area (Å²) >= 11 is 0. The van der Waals surface area contributed by atoms with Gasteiger partial charge in [-0.2, -0.15) is 0 Å². The van der Waals surface area contributed by atoms with E-state index in [4.69, 9.17) is 0 Å². The molecule has 0 aliphatic heterocycles.